The van der Waals surface area contributed by atoms with Crippen LogP contribution < -0.4 is 10.1 Å². The van der Waals surface area contributed by atoms with E-state index < -0.39 is 15.9 Å². The van der Waals surface area contributed by atoms with Crippen molar-refractivity contribution in [2.75, 3.05) is 21.2 Å². The van der Waals surface area contributed by atoms with Gasteiger partial charge in [-0.1, -0.05) is 17.3 Å². The molecule has 2 aromatic carbocycles. The van der Waals surface area contributed by atoms with Crippen molar-refractivity contribution in [2.45, 2.75) is 11.4 Å². The van der Waals surface area contributed by atoms with Crippen molar-refractivity contribution in [1.29, 1.82) is 0 Å². The zero-order chi connectivity index (χ0) is 21.0. The zero-order valence-corrected chi connectivity index (χ0v) is 16.9. The van der Waals surface area contributed by atoms with Crippen LogP contribution in [0.15, 0.2) is 57.9 Å². The van der Waals surface area contributed by atoms with Gasteiger partial charge in [-0.2, -0.15) is 4.98 Å². The standard InChI is InChI=1S/C19H20N4O5S/c1-23(2)29(25,26)16-10-6-14(7-11-16)17-21-19(28-22-17)18(24)20-12-13-4-8-15(27-3)9-5-13/h4-11H,12H2,1-3H3,(H,20,24). The summed E-state index contributed by atoms with van der Waals surface area (Å²) in [6, 6.07) is 13.3. The molecule has 0 spiro atoms. The number of nitrogens with one attached hydrogen (secondary N) is 1. The molecule has 1 N–H and O–H groups in total. The first kappa shape index (κ1) is 20.5. The molecule has 152 valence electrons. The van der Waals surface area contributed by atoms with Crippen LogP contribution in [-0.4, -0.2) is 50.0 Å². The first-order valence-electron chi connectivity index (χ1n) is 8.59. The van der Waals surface area contributed by atoms with E-state index >= 15 is 0 Å². The Labute approximate surface area is 168 Å². The summed E-state index contributed by atoms with van der Waals surface area (Å²) in [6.07, 6.45) is 0. The quantitative estimate of drug-likeness (QED) is 0.626. The summed E-state index contributed by atoms with van der Waals surface area (Å²) in [6.45, 7) is 0.289. The van der Waals surface area contributed by atoms with Gasteiger partial charge >= 0.3 is 11.8 Å². The van der Waals surface area contributed by atoms with Gasteiger partial charge in [0.15, 0.2) is 0 Å². The lowest BCUT2D eigenvalue weighted by molar-refractivity contribution is 0.0907. The van der Waals surface area contributed by atoms with Crippen molar-refractivity contribution in [1.82, 2.24) is 19.8 Å². The molecule has 0 aliphatic rings. The van der Waals surface area contributed by atoms with Crippen molar-refractivity contribution in [3.8, 4) is 17.1 Å². The fourth-order valence-corrected chi connectivity index (χ4v) is 3.32. The SMILES string of the molecule is COc1ccc(CNC(=O)c2nc(-c3ccc(S(=O)(=O)N(C)C)cc3)no2)cc1. The van der Waals surface area contributed by atoms with Gasteiger partial charge in [-0.15, -0.1) is 0 Å². The zero-order valence-electron chi connectivity index (χ0n) is 16.1. The highest BCUT2D eigenvalue weighted by Crippen LogP contribution is 2.20. The lowest BCUT2D eigenvalue weighted by atomic mass is 10.2. The number of sulfonamides is 1. The minimum Gasteiger partial charge on any atom is -0.497 e. The van der Waals surface area contributed by atoms with Gasteiger partial charge in [0.2, 0.25) is 15.8 Å². The minimum absolute atomic E-state index is 0.146. The van der Waals surface area contributed by atoms with Crippen LogP contribution in [0.4, 0.5) is 0 Å². The Hall–Kier alpha value is -3.24. The Morgan fingerprint density at radius 1 is 1.10 bits per heavy atom. The van der Waals surface area contributed by atoms with E-state index in [4.69, 9.17) is 9.26 Å². The number of carbonyl (C=O) groups excluding carboxylic acids is 1. The molecule has 3 aromatic rings. The largest absolute Gasteiger partial charge is 0.497 e. The number of nitrogens with zero attached hydrogens (tertiary/aromatic N) is 3. The van der Waals surface area contributed by atoms with Gasteiger partial charge in [-0.25, -0.2) is 12.7 Å². The number of hydrogen-bond acceptors (Lipinski definition) is 7. The number of hydrogen-bond donors (Lipinski definition) is 1. The highest BCUT2D eigenvalue weighted by atomic mass is 32.2. The maximum Gasteiger partial charge on any atom is 0.316 e. The highest BCUT2D eigenvalue weighted by molar-refractivity contribution is 7.89. The predicted molar refractivity (Wildman–Crippen MR) is 105 cm³/mol. The number of methoxy groups -OCH3 is 1. The van der Waals surface area contributed by atoms with Crippen molar-refractivity contribution in [3.63, 3.8) is 0 Å². The monoisotopic (exact) mass is 416 g/mol. The van der Waals surface area contributed by atoms with E-state index in [-0.39, 0.29) is 23.2 Å². The van der Waals surface area contributed by atoms with E-state index in [1.54, 1.807) is 31.4 Å². The number of rotatable bonds is 7. The lowest BCUT2D eigenvalue weighted by Crippen LogP contribution is -2.23. The van der Waals surface area contributed by atoms with E-state index in [0.717, 1.165) is 15.6 Å². The third-order valence-electron chi connectivity index (χ3n) is 4.12. The van der Waals surface area contributed by atoms with Gasteiger partial charge in [-0.3, -0.25) is 4.79 Å². The van der Waals surface area contributed by atoms with Crippen LogP contribution in [0, 0.1) is 0 Å². The molecule has 9 nitrogen and oxygen atoms in total. The van der Waals surface area contributed by atoms with Crippen LogP contribution in [-0.2, 0) is 16.6 Å². The molecule has 0 bridgehead atoms. The van der Waals surface area contributed by atoms with Crippen LogP contribution in [0.1, 0.15) is 16.2 Å². The van der Waals surface area contributed by atoms with Gasteiger partial charge in [0.1, 0.15) is 5.75 Å². The molecule has 3 rings (SSSR count). The van der Waals surface area contributed by atoms with Crippen LogP contribution >= 0.6 is 0 Å². The van der Waals surface area contributed by atoms with Crippen molar-refractivity contribution < 1.29 is 22.5 Å². The molecule has 1 aromatic heterocycles. The normalized spacial score (nSPS) is 11.4. The third kappa shape index (κ3) is 4.61. The molecule has 0 aliphatic heterocycles. The molecule has 0 radical (unpaired) electrons. The Balaban J connectivity index is 1.67. The van der Waals surface area contributed by atoms with E-state index in [2.05, 4.69) is 15.5 Å². The van der Waals surface area contributed by atoms with E-state index in [9.17, 15) is 13.2 Å². The molecule has 10 heteroatoms. The summed E-state index contributed by atoms with van der Waals surface area (Å²) < 4.78 is 35.5. The molecule has 0 unspecified atom stereocenters. The van der Waals surface area contributed by atoms with Gasteiger partial charge in [0, 0.05) is 26.2 Å². The fourth-order valence-electron chi connectivity index (χ4n) is 2.42. The van der Waals surface area contributed by atoms with Gasteiger partial charge < -0.3 is 14.6 Å². The Morgan fingerprint density at radius 2 is 1.76 bits per heavy atom. The van der Waals surface area contributed by atoms with E-state index in [1.807, 2.05) is 12.1 Å². The van der Waals surface area contributed by atoms with E-state index in [0.29, 0.717) is 5.56 Å². The van der Waals surface area contributed by atoms with Crippen molar-refractivity contribution in [2.24, 2.45) is 0 Å². The topological polar surface area (TPSA) is 115 Å². The number of benzene rings is 2. The summed E-state index contributed by atoms with van der Waals surface area (Å²) in [5.74, 6) is 0.226. The van der Waals surface area contributed by atoms with Gasteiger partial charge in [0.05, 0.1) is 12.0 Å². The van der Waals surface area contributed by atoms with Crippen LogP contribution in [0.25, 0.3) is 11.4 Å². The van der Waals surface area contributed by atoms with E-state index in [1.165, 1.54) is 26.2 Å². The predicted octanol–water partition coefficient (Wildman–Crippen LogP) is 1.93. The number of aromatic nitrogens is 2. The molecule has 0 saturated heterocycles. The average molecular weight is 416 g/mol. The van der Waals surface area contributed by atoms with Crippen molar-refractivity contribution >= 4 is 15.9 Å². The highest BCUT2D eigenvalue weighted by Gasteiger charge is 2.19. The molecular weight excluding hydrogens is 396 g/mol. The third-order valence-corrected chi connectivity index (χ3v) is 5.95. The van der Waals surface area contributed by atoms with Gasteiger partial charge in [0.25, 0.3) is 0 Å². The molecule has 0 atom stereocenters. The first-order chi connectivity index (χ1) is 13.8. The summed E-state index contributed by atoms with van der Waals surface area (Å²) in [5.41, 5.74) is 1.41. The van der Waals surface area contributed by atoms with Gasteiger partial charge in [-0.05, 0) is 42.0 Å². The molecule has 0 saturated carbocycles. The number of carbonyl (C=O) groups is 1. The molecule has 1 heterocycles. The molecule has 1 amide bonds. The van der Waals surface area contributed by atoms with Crippen LogP contribution in [0.5, 0.6) is 5.75 Å². The minimum atomic E-state index is -3.53. The first-order valence-corrected chi connectivity index (χ1v) is 10.0. The van der Waals surface area contributed by atoms with Crippen LogP contribution in [0.2, 0.25) is 0 Å². The summed E-state index contributed by atoms with van der Waals surface area (Å²) in [5, 5.41) is 6.49. The Morgan fingerprint density at radius 3 is 2.34 bits per heavy atom. The number of amides is 1. The average Bonchev–Trinajstić information content (AvgIpc) is 3.22. The Bertz CT molecular complexity index is 1090. The molecule has 29 heavy (non-hydrogen) atoms. The maximum absolute atomic E-state index is 12.2. The Kier molecular flexibility index (Phi) is 5.95. The maximum atomic E-state index is 12.2. The summed E-state index contributed by atoms with van der Waals surface area (Å²) in [7, 11) is 0.972. The fraction of sp³-hybridized carbons (Fsp3) is 0.211. The second-order valence-corrected chi connectivity index (χ2v) is 8.42. The summed E-state index contributed by atoms with van der Waals surface area (Å²) >= 11 is 0. The second kappa shape index (κ2) is 8.41. The number of ether oxygens (including phenoxy) is 1. The summed E-state index contributed by atoms with van der Waals surface area (Å²) in [4.78, 5) is 16.5. The molecular formula is C19H20N4O5S. The molecule has 0 fully saturated rings. The second-order valence-electron chi connectivity index (χ2n) is 6.27. The lowest BCUT2D eigenvalue weighted by Gasteiger charge is -2.11. The molecule has 0 aliphatic carbocycles. The van der Waals surface area contributed by atoms with Crippen LogP contribution in [0.3, 0.4) is 0 Å². The van der Waals surface area contributed by atoms with Crippen molar-refractivity contribution in [3.05, 3.63) is 60.0 Å². The smallest absolute Gasteiger partial charge is 0.316 e.